The van der Waals surface area contributed by atoms with E-state index in [1.807, 2.05) is 17.0 Å². The summed E-state index contributed by atoms with van der Waals surface area (Å²) in [5.74, 6) is 1.33. The zero-order chi connectivity index (χ0) is 13.4. The molecule has 100 valence electrons. The van der Waals surface area contributed by atoms with Crippen molar-refractivity contribution in [3.05, 3.63) is 23.8 Å². The van der Waals surface area contributed by atoms with E-state index >= 15 is 0 Å². The van der Waals surface area contributed by atoms with Crippen LogP contribution in [0.4, 0.5) is 0 Å². The van der Waals surface area contributed by atoms with Gasteiger partial charge in [0.15, 0.2) is 5.16 Å². The van der Waals surface area contributed by atoms with Gasteiger partial charge >= 0.3 is 0 Å². The molecule has 0 radical (unpaired) electrons. The predicted molar refractivity (Wildman–Crippen MR) is 77.3 cm³/mol. The van der Waals surface area contributed by atoms with E-state index in [1.54, 1.807) is 0 Å². The highest BCUT2D eigenvalue weighted by Gasteiger charge is 2.26. The van der Waals surface area contributed by atoms with Gasteiger partial charge in [-0.1, -0.05) is 24.8 Å². The first-order valence-electron chi connectivity index (χ1n) is 6.49. The molecule has 1 amide bonds. The van der Waals surface area contributed by atoms with Gasteiger partial charge in [0.25, 0.3) is 0 Å². The number of hydrogen-bond donors (Lipinski definition) is 1. The van der Waals surface area contributed by atoms with Gasteiger partial charge in [0.05, 0.1) is 16.8 Å². The van der Waals surface area contributed by atoms with Crippen LogP contribution in [0.15, 0.2) is 23.4 Å². The average Bonchev–Trinajstić information content (AvgIpc) is 2.74. The normalized spacial score (nSPS) is 15.8. The summed E-state index contributed by atoms with van der Waals surface area (Å²) in [6, 6.07) is 6.12. The number of H-pyrrole nitrogens is 1. The van der Waals surface area contributed by atoms with Crippen molar-refractivity contribution in [2.45, 2.75) is 19.0 Å². The standard InChI is InChI=1S/C14H17N3OS/c1-9-3-4-11-12(5-9)16-14(15-11)19-8-13(18)17-6-10(2)7-17/h3-5,10H,6-8H2,1-2H3,(H,15,16). The average molecular weight is 275 g/mol. The molecule has 4 nitrogen and oxygen atoms in total. The number of aryl methyl sites for hydroxylation is 1. The molecule has 1 aliphatic rings. The van der Waals surface area contributed by atoms with Crippen LogP contribution in [0.25, 0.3) is 11.0 Å². The van der Waals surface area contributed by atoms with E-state index in [4.69, 9.17) is 0 Å². The van der Waals surface area contributed by atoms with Crippen LogP contribution >= 0.6 is 11.8 Å². The van der Waals surface area contributed by atoms with Crippen LogP contribution in [-0.2, 0) is 4.79 Å². The Morgan fingerprint density at radius 2 is 2.32 bits per heavy atom. The fourth-order valence-electron chi connectivity index (χ4n) is 2.29. The number of carbonyl (C=O) groups is 1. The topological polar surface area (TPSA) is 49.0 Å². The Hall–Kier alpha value is -1.49. The van der Waals surface area contributed by atoms with Crippen molar-refractivity contribution in [2.24, 2.45) is 5.92 Å². The lowest BCUT2D eigenvalue weighted by Gasteiger charge is -2.37. The van der Waals surface area contributed by atoms with E-state index in [1.165, 1.54) is 17.3 Å². The fraction of sp³-hybridized carbons (Fsp3) is 0.429. The Morgan fingerprint density at radius 3 is 3.05 bits per heavy atom. The Bertz CT molecular complexity index is 616. The lowest BCUT2D eigenvalue weighted by Crippen LogP contribution is -2.49. The zero-order valence-electron chi connectivity index (χ0n) is 11.1. The third kappa shape index (κ3) is 2.61. The minimum Gasteiger partial charge on any atom is -0.341 e. The number of nitrogens with one attached hydrogen (secondary N) is 1. The second-order valence-corrected chi connectivity index (χ2v) is 6.22. The molecule has 0 saturated carbocycles. The summed E-state index contributed by atoms with van der Waals surface area (Å²) < 4.78 is 0. The molecule has 1 aliphatic heterocycles. The van der Waals surface area contributed by atoms with Gasteiger partial charge in [0, 0.05) is 13.1 Å². The van der Waals surface area contributed by atoms with Crippen molar-refractivity contribution < 1.29 is 4.79 Å². The highest BCUT2D eigenvalue weighted by atomic mass is 32.2. The first-order valence-corrected chi connectivity index (χ1v) is 7.47. The number of carbonyl (C=O) groups excluding carboxylic acids is 1. The molecule has 1 aromatic heterocycles. The molecule has 5 heteroatoms. The molecule has 1 fully saturated rings. The Balaban J connectivity index is 1.63. The van der Waals surface area contributed by atoms with Crippen molar-refractivity contribution >= 4 is 28.7 Å². The first-order chi connectivity index (χ1) is 9.11. The molecule has 0 spiro atoms. The van der Waals surface area contributed by atoms with Gasteiger partial charge in [-0.05, 0) is 30.5 Å². The summed E-state index contributed by atoms with van der Waals surface area (Å²) >= 11 is 1.48. The number of nitrogens with zero attached hydrogens (tertiary/aromatic N) is 2. The van der Waals surface area contributed by atoms with E-state index in [0.29, 0.717) is 11.7 Å². The number of amides is 1. The summed E-state index contributed by atoms with van der Waals surface area (Å²) in [6.45, 7) is 6.03. The van der Waals surface area contributed by atoms with Crippen LogP contribution in [0.1, 0.15) is 12.5 Å². The third-order valence-electron chi connectivity index (χ3n) is 3.36. The molecule has 1 N–H and O–H groups in total. The molecule has 0 atom stereocenters. The van der Waals surface area contributed by atoms with Crippen LogP contribution in [0.5, 0.6) is 0 Å². The van der Waals surface area contributed by atoms with Crippen LogP contribution in [0.2, 0.25) is 0 Å². The third-order valence-corrected chi connectivity index (χ3v) is 4.22. The van der Waals surface area contributed by atoms with Gasteiger partial charge < -0.3 is 9.88 Å². The van der Waals surface area contributed by atoms with Crippen molar-refractivity contribution in [3.8, 4) is 0 Å². The second kappa shape index (κ2) is 4.89. The van der Waals surface area contributed by atoms with Gasteiger partial charge in [-0.3, -0.25) is 4.79 Å². The number of aromatic nitrogens is 2. The van der Waals surface area contributed by atoms with Crippen molar-refractivity contribution in [3.63, 3.8) is 0 Å². The van der Waals surface area contributed by atoms with Crippen molar-refractivity contribution in [1.29, 1.82) is 0 Å². The van der Waals surface area contributed by atoms with E-state index in [-0.39, 0.29) is 5.91 Å². The fourth-order valence-corrected chi connectivity index (χ4v) is 3.08. The summed E-state index contributed by atoms with van der Waals surface area (Å²) in [7, 11) is 0. The van der Waals surface area contributed by atoms with Gasteiger partial charge in [-0.2, -0.15) is 0 Å². The Kier molecular flexibility index (Phi) is 3.22. The van der Waals surface area contributed by atoms with Gasteiger partial charge in [-0.15, -0.1) is 0 Å². The smallest absolute Gasteiger partial charge is 0.233 e. The molecule has 2 heterocycles. The first kappa shape index (κ1) is 12.5. The maximum absolute atomic E-state index is 11.9. The minimum absolute atomic E-state index is 0.208. The largest absolute Gasteiger partial charge is 0.341 e. The molecule has 2 aromatic rings. The number of aromatic amines is 1. The van der Waals surface area contributed by atoms with Crippen LogP contribution in [-0.4, -0.2) is 39.6 Å². The quantitative estimate of drug-likeness (QED) is 0.875. The number of fused-ring (bicyclic) bond motifs is 1. The number of rotatable bonds is 3. The van der Waals surface area contributed by atoms with E-state index in [9.17, 15) is 4.79 Å². The van der Waals surface area contributed by atoms with Crippen LogP contribution in [0.3, 0.4) is 0 Å². The zero-order valence-corrected chi connectivity index (χ0v) is 12.0. The number of likely N-dealkylation sites (tertiary alicyclic amines) is 1. The predicted octanol–water partition coefficient (Wildman–Crippen LogP) is 2.44. The molecule has 1 saturated heterocycles. The summed E-state index contributed by atoms with van der Waals surface area (Å²) in [6.07, 6.45) is 0. The SMILES string of the molecule is Cc1ccc2nc(SCC(=O)N3CC(C)C3)[nH]c2c1. The lowest BCUT2D eigenvalue weighted by atomic mass is 10.0. The van der Waals surface area contributed by atoms with Gasteiger partial charge in [-0.25, -0.2) is 4.98 Å². The second-order valence-electron chi connectivity index (χ2n) is 5.26. The van der Waals surface area contributed by atoms with E-state index in [0.717, 1.165) is 29.3 Å². The van der Waals surface area contributed by atoms with Crippen LogP contribution in [0, 0.1) is 12.8 Å². The molecule has 19 heavy (non-hydrogen) atoms. The Labute approximate surface area is 116 Å². The molecule has 0 aliphatic carbocycles. The molecular formula is C14H17N3OS. The summed E-state index contributed by atoms with van der Waals surface area (Å²) in [4.78, 5) is 21.5. The minimum atomic E-state index is 0.208. The van der Waals surface area contributed by atoms with Crippen LogP contribution < -0.4 is 0 Å². The summed E-state index contributed by atoms with van der Waals surface area (Å²) in [5, 5.41) is 0.822. The van der Waals surface area contributed by atoms with E-state index < -0.39 is 0 Å². The highest BCUT2D eigenvalue weighted by molar-refractivity contribution is 7.99. The van der Waals surface area contributed by atoms with E-state index in [2.05, 4.69) is 29.9 Å². The van der Waals surface area contributed by atoms with Gasteiger partial charge in [0.1, 0.15) is 0 Å². The molecule has 0 unspecified atom stereocenters. The maximum atomic E-state index is 11.9. The number of thioether (sulfide) groups is 1. The lowest BCUT2D eigenvalue weighted by molar-refractivity contribution is -0.134. The monoisotopic (exact) mass is 275 g/mol. The number of hydrogen-bond acceptors (Lipinski definition) is 3. The molecule has 3 rings (SSSR count). The maximum Gasteiger partial charge on any atom is 0.233 e. The summed E-state index contributed by atoms with van der Waals surface area (Å²) in [5.41, 5.74) is 3.20. The van der Waals surface area contributed by atoms with Crippen molar-refractivity contribution in [1.82, 2.24) is 14.9 Å². The van der Waals surface area contributed by atoms with Crippen molar-refractivity contribution in [2.75, 3.05) is 18.8 Å². The molecule has 1 aromatic carbocycles. The molecule has 0 bridgehead atoms. The Morgan fingerprint density at radius 1 is 1.53 bits per heavy atom. The number of benzene rings is 1. The highest BCUT2D eigenvalue weighted by Crippen LogP contribution is 2.22. The van der Waals surface area contributed by atoms with Gasteiger partial charge in [0.2, 0.25) is 5.91 Å². The number of imidazole rings is 1. The molecular weight excluding hydrogens is 258 g/mol.